The number of aromatic nitrogens is 2. The van der Waals surface area contributed by atoms with Crippen molar-refractivity contribution in [3.8, 4) is 0 Å². The number of hydrogen-bond acceptors (Lipinski definition) is 4. The van der Waals surface area contributed by atoms with Gasteiger partial charge in [-0.1, -0.05) is 0 Å². The maximum absolute atomic E-state index is 4.34. The van der Waals surface area contributed by atoms with Crippen LogP contribution in [0.4, 0.5) is 11.8 Å². The third kappa shape index (κ3) is 2.87. The van der Waals surface area contributed by atoms with Gasteiger partial charge in [-0.2, -0.15) is 4.98 Å². The van der Waals surface area contributed by atoms with Crippen LogP contribution < -0.4 is 10.6 Å². The van der Waals surface area contributed by atoms with Crippen molar-refractivity contribution in [2.45, 2.75) is 33.2 Å². The van der Waals surface area contributed by atoms with Crippen LogP contribution in [0.1, 0.15) is 26.3 Å². The molecule has 1 aromatic rings. The fourth-order valence-electron chi connectivity index (χ4n) is 1.04. The lowest BCUT2D eigenvalue weighted by Crippen LogP contribution is -2.27. The summed E-state index contributed by atoms with van der Waals surface area (Å²) in [5, 5.41) is 6.25. The third-order valence-electron chi connectivity index (χ3n) is 1.69. The van der Waals surface area contributed by atoms with Gasteiger partial charge in [0.15, 0.2) is 0 Å². The van der Waals surface area contributed by atoms with Crippen molar-refractivity contribution in [3.63, 3.8) is 0 Å². The van der Waals surface area contributed by atoms with Crippen LogP contribution in [0.15, 0.2) is 6.20 Å². The molecule has 4 nitrogen and oxygen atoms in total. The highest BCUT2D eigenvalue weighted by Gasteiger charge is 2.12. The van der Waals surface area contributed by atoms with Gasteiger partial charge in [-0.15, -0.1) is 0 Å². The van der Waals surface area contributed by atoms with E-state index in [1.165, 1.54) is 0 Å². The van der Waals surface area contributed by atoms with E-state index in [1.807, 2.05) is 20.2 Å². The molecule has 0 aliphatic carbocycles. The summed E-state index contributed by atoms with van der Waals surface area (Å²) in [6.45, 7) is 8.31. The zero-order valence-corrected chi connectivity index (χ0v) is 9.47. The molecule has 78 valence electrons. The summed E-state index contributed by atoms with van der Waals surface area (Å²) in [5.74, 6) is 1.53. The quantitative estimate of drug-likeness (QED) is 0.756. The Morgan fingerprint density at radius 2 is 1.93 bits per heavy atom. The van der Waals surface area contributed by atoms with Gasteiger partial charge in [0.25, 0.3) is 0 Å². The fraction of sp³-hybridized carbons (Fsp3) is 0.600. The Bertz CT molecular complexity index is 314. The van der Waals surface area contributed by atoms with Crippen LogP contribution in [0.5, 0.6) is 0 Å². The van der Waals surface area contributed by atoms with Crippen LogP contribution in [0.2, 0.25) is 0 Å². The van der Waals surface area contributed by atoms with Crippen LogP contribution in [-0.2, 0) is 0 Å². The molecule has 1 aromatic heterocycles. The maximum atomic E-state index is 4.34. The van der Waals surface area contributed by atoms with Gasteiger partial charge in [0.1, 0.15) is 5.82 Å². The molecule has 1 rings (SSSR count). The van der Waals surface area contributed by atoms with Gasteiger partial charge in [-0.25, -0.2) is 4.98 Å². The second kappa shape index (κ2) is 3.82. The number of anilines is 2. The molecule has 0 saturated carbocycles. The summed E-state index contributed by atoms with van der Waals surface area (Å²) < 4.78 is 0. The summed E-state index contributed by atoms with van der Waals surface area (Å²) in [6.07, 6.45) is 1.81. The molecule has 0 atom stereocenters. The average molecular weight is 194 g/mol. The Labute approximate surface area is 85.2 Å². The first kappa shape index (κ1) is 10.8. The van der Waals surface area contributed by atoms with Crippen LogP contribution in [0.25, 0.3) is 0 Å². The topological polar surface area (TPSA) is 49.8 Å². The summed E-state index contributed by atoms with van der Waals surface area (Å²) in [4.78, 5) is 8.47. The van der Waals surface area contributed by atoms with Crippen molar-refractivity contribution in [1.82, 2.24) is 9.97 Å². The Balaban J connectivity index is 2.95. The minimum Gasteiger partial charge on any atom is -0.365 e. The highest BCUT2D eigenvalue weighted by Crippen LogP contribution is 2.17. The number of rotatable bonds is 2. The fourth-order valence-corrected chi connectivity index (χ4v) is 1.04. The van der Waals surface area contributed by atoms with Gasteiger partial charge in [0.2, 0.25) is 5.95 Å². The van der Waals surface area contributed by atoms with E-state index in [1.54, 1.807) is 0 Å². The van der Waals surface area contributed by atoms with E-state index in [0.29, 0.717) is 5.95 Å². The molecular weight excluding hydrogens is 176 g/mol. The van der Waals surface area contributed by atoms with Crippen molar-refractivity contribution >= 4 is 11.8 Å². The van der Waals surface area contributed by atoms with E-state index < -0.39 is 0 Å². The van der Waals surface area contributed by atoms with Crippen LogP contribution in [-0.4, -0.2) is 22.6 Å². The molecule has 0 aliphatic heterocycles. The first-order valence-corrected chi connectivity index (χ1v) is 4.72. The first-order valence-electron chi connectivity index (χ1n) is 4.72. The Morgan fingerprint density at radius 3 is 2.43 bits per heavy atom. The molecule has 0 radical (unpaired) electrons. The van der Waals surface area contributed by atoms with E-state index in [0.717, 1.165) is 11.4 Å². The van der Waals surface area contributed by atoms with Gasteiger partial charge in [0, 0.05) is 24.3 Å². The van der Waals surface area contributed by atoms with Gasteiger partial charge < -0.3 is 10.6 Å². The Morgan fingerprint density at radius 1 is 1.29 bits per heavy atom. The predicted octanol–water partition coefficient (Wildman–Crippen LogP) is 2.04. The van der Waals surface area contributed by atoms with Gasteiger partial charge in [0.05, 0.1) is 0 Å². The minimum atomic E-state index is 0.0180. The van der Waals surface area contributed by atoms with Crippen molar-refractivity contribution < 1.29 is 0 Å². The molecular formula is C10H18N4. The summed E-state index contributed by atoms with van der Waals surface area (Å²) in [5.41, 5.74) is 1.07. The van der Waals surface area contributed by atoms with E-state index in [2.05, 4.69) is 41.4 Å². The van der Waals surface area contributed by atoms with Crippen molar-refractivity contribution in [2.24, 2.45) is 0 Å². The molecule has 0 aromatic carbocycles. The molecule has 0 aliphatic rings. The normalized spacial score (nSPS) is 11.2. The van der Waals surface area contributed by atoms with E-state index >= 15 is 0 Å². The lowest BCUT2D eigenvalue weighted by Gasteiger charge is -2.22. The van der Waals surface area contributed by atoms with Gasteiger partial charge in [-0.05, 0) is 27.7 Å². The number of aryl methyl sites for hydroxylation is 1. The molecule has 14 heavy (non-hydrogen) atoms. The van der Waals surface area contributed by atoms with Gasteiger partial charge >= 0.3 is 0 Å². The smallest absolute Gasteiger partial charge is 0.224 e. The lowest BCUT2D eigenvalue weighted by molar-refractivity contribution is 0.629. The summed E-state index contributed by atoms with van der Waals surface area (Å²) >= 11 is 0. The van der Waals surface area contributed by atoms with E-state index in [-0.39, 0.29) is 5.54 Å². The predicted molar refractivity (Wildman–Crippen MR) is 59.7 cm³/mol. The average Bonchev–Trinajstić information content (AvgIpc) is 2.06. The Hall–Kier alpha value is -1.32. The molecule has 0 spiro atoms. The maximum Gasteiger partial charge on any atom is 0.224 e. The molecule has 1 heterocycles. The molecule has 2 N–H and O–H groups in total. The lowest BCUT2D eigenvalue weighted by atomic mass is 10.1. The molecule has 0 bridgehead atoms. The summed E-state index contributed by atoms with van der Waals surface area (Å²) in [7, 11) is 1.81. The highest BCUT2D eigenvalue weighted by molar-refractivity contribution is 5.47. The van der Waals surface area contributed by atoms with Crippen molar-refractivity contribution in [3.05, 3.63) is 11.8 Å². The van der Waals surface area contributed by atoms with Crippen molar-refractivity contribution in [2.75, 3.05) is 17.7 Å². The summed E-state index contributed by atoms with van der Waals surface area (Å²) in [6, 6.07) is 0. The minimum absolute atomic E-state index is 0.0180. The standard InChI is InChI=1S/C10H18N4/c1-7-6-12-9(11-5)13-8(7)14-10(2,3)4/h6H,1-5H3,(H2,11,12,13,14). The monoisotopic (exact) mass is 194 g/mol. The SMILES string of the molecule is CNc1ncc(C)c(NC(C)(C)C)n1. The second-order valence-corrected chi connectivity index (χ2v) is 4.35. The molecule has 0 amide bonds. The largest absolute Gasteiger partial charge is 0.365 e. The van der Waals surface area contributed by atoms with E-state index in [9.17, 15) is 0 Å². The van der Waals surface area contributed by atoms with Crippen LogP contribution in [0, 0.1) is 6.92 Å². The molecule has 0 saturated heterocycles. The van der Waals surface area contributed by atoms with Crippen LogP contribution >= 0.6 is 0 Å². The van der Waals surface area contributed by atoms with Crippen molar-refractivity contribution in [1.29, 1.82) is 0 Å². The van der Waals surface area contributed by atoms with E-state index in [4.69, 9.17) is 0 Å². The third-order valence-corrected chi connectivity index (χ3v) is 1.69. The Kier molecular flexibility index (Phi) is 2.93. The van der Waals surface area contributed by atoms with Gasteiger partial charge in [-0.3, -0.25) is 0 Å². The number of nitrogens with zero attached hydrogens (tertiary/aromatic N) is 2. The molecule has 4 heteroatoms. The molecule has 0 unspecified atom stereocenters. The van der Waals surface area contributed by atoms with Crippen LogP contribution in [0.3, 0.4) is 0 Å². The molecule has 0 fully saturated rings. The zero-order valence-electron chi connectivity index (χ0n) is 9.47. The highest BCUT2D eigenvalue weighted by atomic mass is 15.1. The number of hydrogen-bond donors (Lipinski definition) is 2. The first-order chi connectivity index (χ1) is 6.42. The second-order valence-electron chi connectivity index (χ2n) is 4.35. The number of nitrogens with one attached hydrogen (secondary N) is 2. The zero-order chi connectivity index (χ0) is 10.8.